The molecular weight excluding hydrogens is 401 g/mol. The maximum atomic E-state index is 13.5. The molecule has 5 nitrogen and oxygen atoms in total. The molecule has 1 aromatic heterocycles. The van der Waals surface area contributed by atoms with Gasteiger partial charge in [-0.3, -0.25) is 9.69 Å². The molecule has 8 heteroatoms. The van der Waals surface area contributed by atoms with Gasteiger partial charge in [-0.05, 0) is 51.4 Å². The average molecular weight is 424 g/mol. The van der Waals surface area contributed by atoms with Crippen molar-refractivity contribution in [3.05, 3.63) is 53.8 Å². The number of ether oxygens (including phenoxy) is 1. The number of amides is 1. The second kappa shape index (κ2) is 9.82. The lowest BCUT2D eigenvalue weighted by Crippen LogP contribution is -2.39. The highest BCUT2D eigenvalue weighted by atomic mass is 35.5. The predicted molar refractivity (Wildman–Crippen MR) is 114 cm³/mol. The molecule has 0 atom stereocenters. The quantitative estimate of drug-likeness (QED) is 0.573. The molecule has 0 aliphatic carbocycles. The van der Waals surface area contributed by atoms with Crippen LogP contribution in [0.1, 0.15) is 5.56 Å². The monoisotopic (exact) mass is 423 g/mol. The molecule has 2 aromatic carbocycles. The van der Waals surface area contributed by atoms with Crippen molar-refractivity contribution >= 4 is 45.0 Å². The number of carbonyl (C=O) groups excluding carboxylic acids is 1. The molecule has 0 spiro atoms. The Balaban J connectivity index is 0.00000280. The second-order valence-corrected chi connectivity index (χ2v) is 7.57. The first-order chi connectivity index (χ1) is 12.9. The van der Waals surface area contributed by atoms with E-state index in [0.717, 1.165) is 5.56 Å². The molecule has 3 aromatic rings. The van der Waals surface area contributed by atoms with E-state index in [1.165, 1.54) is 23.5 Å². The van der Waals surface area contributed by atoms with Gasteiger partial charge in [0.2, 0.25) is 0 Å². The molecular formula is C20H23ClFN3O2S. The molecule has 0 saturated heterocycles. The molecule has 28 heavy (non-hydrogen) atoms. The van der Waals surface area contributed by atoms with Gasteiger partial charge < -0.3 is 9.64 Å². The van der Waals surface area contributed by atoms with Gasteiger partial charge >= 0.3 is 0 Å². The number of likely N-dealkylation sites (N-methyl/N-ethyl adjacent to an activating group) is 1. The van der Waals surface area contributed by atoms with Crippen LogP contribution in [-0.4, -0.2) is 49.6 Å². The lowest BCUT2D eigenvalue weighted by molar-refractivity contribution is -0.120. The third-order valence-electron chi connectivity index (χ3n) is 4.03. The summed E-state index contributed by atoms with van der Waals surface area (Å²) in [6.45, 7) is 3.07. The molecule has 0 unspecified atom stereocenters. The Morgan fingerprint density at radius 1 is 1.14 bits per heavy atom. The zero-order chi connectivity index (χ0) is 19.4. The summed E-state index contributed by atoms with van der Waals surface area (Å²) in [4.78, 5) is 20.9. The topological polar surface area (TPSA) is 45.7 Å². The number of anilines is 1. The summed E-state index contributed by atoms with van der Waals surface area (Å²) in [5.41, 5.74) is 1.81. The number of fused-ring (bicyclic) bond motifs is 1. The van der Waals surface area contributed by atoms with E-state index in [4.69, 9.17) is 4.74 Å². The van der Waals surface area contributed by atoms with Crippen LogP contribution in [0.25, 0.3) is 10.2 Å². The van der Waals surface area contributed by atoms with Crippen LogP contribution < -0.4 is 9.64 Å². The van der Waals surface area contributed by atoms with Crippen LogP contribution in [0.4, 0.5) is 9.52 Å². The molecule has 0 aliphatic rings. The Morgan fingerprint density at radius 3 is 2.54 bits per heavy atom. The summed E-state index contributed by atoms with van der Waals surface area (Å²) >= 11 is 1.30. The number of halogens is 2. The molecule has 0 radical (unpaired) electrons. The number of hydrogen-bond acceptors (Lipinski definition) is 5. The van der Waals surface area contributed by atoms with Crippen molar-refractivity contribution in [2.45, 2.75) is 6.92 Å². The Kier molecular flexibility index (Phi) is 7.74. The third-order valence-corrected chi connectivity index (χ3v) is 5.07. The zero-order valence-electron chi connectivity index (χ0n) is 16.0. The molecule has 1 heterocycles. The van der Waals surface area contributed by atoms with E-state index in [0.29, 0.717) is 34.2 Å². The summed E-state index contributed by atoms with van der Waals surface area (Å²) in [7, 11) is 3.89. The Hall–Kier alpha value is -2.22. The number of aromatic nitrogens is 1. The maximum absolute atomic E-state index is 13.5. The van der Waals surface area contributed by atoms with Gasteiger partial charge in [0.15, 0.2) is 11.7 Å². The Bertz CT molecular complexity index is 931. The first-order valence-electron chi connectivity index (χ1n) is 8.63. The molecule has 1 amide bonds. The van der Waals surface area contributed by atoms with Crippen LogP contribution in [0, 0.1) is 12.7 Å². The minimum atomic E-state index is -0.313. The summed E-state index contributed by atoms with van der Waals surface area (Å²) in [5.74, 6) is 0.149. The Morgan fingerprint density at radius 2 is 1.86 bits per heavy atom. The van der Waals surface area contributed by atoms with Crippen LogP contribution in [-0.2, 0) is 4.79 Å². The predicted octanol–water partition coefficient (Wildman–Crippen LogP) is 4.14. The van der Waals surface area contributed by atoms with Crippen molar-refractivity contribution in [1.82, 2.24) is 9.88 Å². The lowest BCUT2D eigenvalue weighted by Gasteiger charge is -2.22. The average Bonchev–Trinajstić information content (AvgIpc) is 3.03. The van der Waals surface area contributed by atoms with Crippen LogP contribution in [0.2, 0.25) is 0 Å². The summed E-state index contributed by atoms with van der Waals surface area (Å²) in [5, 5.41) is 0.551. The van der Waals surface area contributed by atoms with Crippen molar-refractivity contribution in [1.29, 1.82) is 0 Å². The van der Waals surface area contributed by atoms with Gasteiger partial charge in [0.25, 0.3) is 5.91 Å². The van der Waals surface area contributed by atoms with E-state index in [1.807, 2.05) is 50.2 Å². The zero-order valence-corrected chi connectivity index (χ0v) is 17.6. The third kappa shape index (κ3) is 5.64. The number of thiazole rings is 1. The minimum Gasteiger partial charge on any atom is -0.484 e. The van der Waals surface area contributed by atoms with E-state index in [-0.39, 0.29) is 30.7 Å². The molecule has 0 saturated carbocycles. The standard InChI is InChI=1S/C20H22FN3O2S.ClH/c1-14-4-7-16(8-5-14)26-13-19(25)24(11-10-23(2)3)20-22-17-9-6-15(21)12-18(17)27-20;/h4-9,12H,10-11,13H2,1-3H3;1H. The summed E-state index contributed by atoms with van der Waals surface area (Å²) in [6.07, 6.45) is 0. The van der Waals surface area contributed by atoms with Crippen LogP contribution in [0.15, 0.2) is 42.5 Å². The second-order valence-electron chi connectivity index (χ2n) is 6.56. The first-order valence-corrected chi connectivity index (χ1v) is 9.44. The fourth-order valence-electron chi connectivity index (χ4n) is 2.49. The normalized spacial score (nSPS) is 10.8. The van der Waals surface area contributed by atoms with Crippen LogP contribution in [0.5, 0.6) is 5.75 Å². The SMILES string of the molecule is Cc1ccc(OCC(=O)N(CCN(C)C)c2nc3ccc(F)cc3s2)cc1.Cl. The van der Waals surface area contributed by atoms with Crippen LogP contribution >= 0.6 is 23.7 Å². The van der Waals surface area contributed by atoms with Crippen molar-refractivity contribution < 1.29 is 13.9 Å². The number of hydrogen-bond donors (Lipinski definition) is 0. The van der Waals surface area contributed by atoms with Crippen molar-refractivity contribution in [3.63, 3.8) is 0 Å². The number of rotatable bonds is 7. The van der Waals surface area contributed by atoms with Crippen molar-refractivity contribution in [2.24, 2.45) is 0 Å². The van der Waals surface area contributed by atoms with Crippen molar-refractivity contribution in [3.8, 4) is 5.75 Å². The van der Waals surface area contributed by atoms with E-state index in [2.05, 4.69) is 4.98 Å². The summed E-state index contributed by atoms with van der Waals surface area (Å²) in [6, 6.07) is 12.0. The number of carbonyl (C=O) groups is 1. The number of nitrogens with zero attached hydrogens (tertiary/aromatic N) is 3. The lowest BCUT2D eigenvalue weighted by atomic mass is 10.2. The highest BCUT2D eigenvalue weighted by Gasteiger charge is 2.20. The molecule has 0 aliphatic heterocycles. The van der Waals surface area contributed by atoms with Gasteiger partial charge in [-0.1, -0.05) is 29.0 Å². The highest BCUT2D eigenvalue weighted by Crippen LogP contribution is 2.29. The van der Waals surface area contributed by atoms with Gasteiger partial charge in [0, 0.05) is 13.1 Å². The largest absolute Gasteiger partial charge is 0.484 e. The van der Waals surface area contributed by atoms with Gasteiger partial charge in [0.05, 0.1) is 10.2 Å². The fourth-order valence-corrected chi connectivity index (χ4v) is 3.52. The summed E-state index contributed by atoms with van der Waals surface area (Å²) < 4.78 is 19.8. The van der Waals surface area contributed by atoms with Gasteiger partial charge in [-0.25, -0.2) is 9.37 Å². The number of benzene rings is 2. The van der Waals surface area contributed by atoms with E-state index >= 15 is 0 Å². The van der Waals surface area contributed by atoms with E-state index < -0.39 is 0 Å². The molecule has 0 bridgehead atoms. The fraction of sp³-hybridized carbons (Fsp3) is 0.300. The van der Waals surface area contributed by atoms with Crippen LogP contribution in [0.3, 0.4) is 0 Å². The van der Waals surface area contributed by atoms with E-state index in [9.17, 15) is 9.18 Å². The number of aryl methyl sites for hydroxylation is 1. The highest BCUT2D eigenvalue weighted by molar-refractivity contribution is 7.22. The molecule has 150 valence electrons. The maximum Gasteiger partial charge on any atom is 0.266 e. The Labute approximate surface area is 174 Å². The minimum absolute atomic E-state index is 0. The van der Waals surface area contributed by atoms with Crippen molar-refractivity contribution in [2.75, 3.05) is 38.7 Å². The van der Waals surface area contributed by atoms with Gasteiger partial charge in [-0.2, -0.15) is 0 Å². The first kappa shape index (κ1) is 22.1. The smallest absolute Gasteiger partial charge is 0.266 e. The molecule has 0 fully saturated rings. The van der Waals surface area contributed by atoms with E-state index in [1.54, 1.807) is 11.0 Å². The molecule has 3 rings (SSSR count). The van der Waals surface area contributed by atoms with Gasteiger partial charge in [-0.15, -0.1) is 12.4 Å². The van der Waals surface area contributed by atoms with Gasteiger partial charge in [0.1, 0.15) is 11.6 Å². The molecule has 0 N–H and O–H groups in total.